The number of fused-ring (bicyclic) bond motifs is 1. The summed E-state index contributed by atoms with van der Waals surface area (Å²) in [4.78, 5) is 15.0. The number of benzene rings is 2. The number of ether oxygens (including phenoxy) is 2. The Labute approximate surface area is 167 Å². The van der Waals surface area contributed by atoms with E-state index >= 15 is 0 Å². The molecule has 0 fully saturated rings. The second-order valence-electron chi connectivity index (χ2n) is 6.59. The van der Waals surface area contributed by atoms with E-state index in [1.807, 2.05) is 26.0 Å². The highest BCUT2D eigenvalue weighted by Crippen LogP contribution is 2.37. The Morgan fingerprint density at radius 3 is 2.86 bits per heavy atom. The van der Waals surface area contributed by atoms with E-state index in [1.54, 1.807) is 47.0 Å². The minimum Gasteiger partial charge on any atom is -0.497 e. The third-order valence-electron chi connectivity index (χ3n) is 4.62. The molecule has 1 aromatic heterocycles. The lowest BCUT2D eigenvalue weighted by Crippen LogP contribution is -2.42. The molecule has 0 bridgehead atoms. The highest BCUT2D eigenvalue weighted by molar-refractivity contribution is 6.30. The van der Waals surface area contributed by atoms with Crippen LogP contribution in [-0.2, 0) is 0 Å². The van der Waals surface area contributed by atoms with Gasteiger partial charge in [-0.15, -0.1) is 5.10 Å². The average molecular weight is 399 g/mol. The Morgan fingerprint density at radius 1 is 1.29 bits per heavy atom. The maximum Gasteiger partial charge on any atom is 0.280 e. The molecule has 1 aliphatic rings. The number of hydrogen-bond acceptors (Lipinski definition) is 5. The second-order valence-corrected chi connectivity index (χ2v) is 7.03. The van der Waals surface area contributed by atoms with Gasteiger partial charge in [-0.3, -0.25) is 9.69 Å². The minimum atomic E-state index is -0.240. The van der Waals surface area contributed by atoms with Gasteiger partial charge in [-0.25, -0.2) is 4.68 Å². The van der Waals surface area contributed by atoms with Gasteiger partial charge in [-0.1, -0.05) is 22.9 Å². The van der Waals surface area contributed by atoms with Crippen molar-refractivity contribution in [1.82, 2.24) is 15.0 Å². The van der Waals surface area contributed by atoms with E-state index in [2.05, 4.69) is 10.3 Å². The molecule has 0 saturated heterocycles. The van der Waals surface area contributed by atoms with E-state index in [4.69, 9.17) is 21.1 Å². The summed E-state index contributed by atoms with van der Waals surface area (Å²) in [6.07, 6.45) is -0.145. The lowest BCUT2D eigenvalue weighted by atomic mass is 10.1. The van der Waals surface area contributed by atoms with Gasteiger partial charge in [0.15, 0.2) is 5.69 Å². The number of anilines is 1. The highest BCUT2D eigenvalue weighted by Gasteiger charge is 2.31. The van der Waals surface area contributed by atoms with Crippen LogP contribution in [0.2, 0.25) is 5.02 Å². The van der Waals surface area contributed by atoms with Crippen molar-refractivity contribution in [2.45, 2.75) is 20.0 Å². The standard InChI is InChI=1S/C20H19ClN4O3/c1-12-11-24(17-10-16(27-3)7-8-18(17)28-12)20(26)19-13(2)25(23-22-19)15-6-4-5-14(21)9-15/h4-10,12H,11H2,1-3H3. The first-order valence-electron chi connectivity index (χ1n) is 8.82. The molecule has 144 valence electrons. The van der Waals surface area contributed by atoms with Crippen molar-refractivity contribution in [2.24, 2.45) is 0 Å². The fourth-order valence-electron chi connectivity index (χ4n) is 3.24. The molecule has 1 aliphatic heterocycles. The van der Waals surface area contributed by atoms with Crippen LogP contribution >= 0.6 is 11.6 Å². The first-order valence-corrected chi connectivity index (χ1v) is 9.20. The van der Waals surface area contributed by atoms with Crippen LogP contribution in [0, 0.1) is 6.92 Å². The second kappa shape index (κ2) is 7.16. The number of carbonyl (C=O) groups excluding carboxylic acids is 1. The van der Waals surface area contributed by atoms with E-state index in [1.165, 1.54) is 0 Å². The van der Waals surface area contributed by atoms with E-state index in [0.717, 1.165) is 5.69 Å². The van der Waals surface area contributed by atoms with Gasteiger partial charge in [-0.05, 0) is 44.2 Å². The number of carbonyl (C=O) groups is 1. The largest absolute Gasteiger partial charge is 0.497 e. The molecule has 2 aromatic carbocycles. The molecule has 1 amide bonds. The average Bonchev–Trinajstić information content (AvgIpc) is 3.07. The van der Waals surface area contributed by atoms with E-state index < -0.39 is 0 Å². The van der Waals surface area contributed by atoms with Crippen LogP contribution in [0.15, 0.2) is 42.5 Å². The van der Waals surface area contributed by atoms with Gasteiger partial charge in [0.2, 0.25) is 0 Å². The molecule has 1 unspecified atom stereocenters. The minimum absolute atomic E-state index is 0.145. The molecule has 1 atom stereocenters. The van der Waals surface area contributed by atoms with Crippen molar-refractivity contribution in [3.05, 3.63) is 58.9 Å². The summed E-state index contributed by atoms with van der Waals surface area (Å²) >= 11 is 6.08. The van der Waals surface area contributed by atoms with Crippen LogP contribution in [0.4, 0.5) is 5.69 Å². The molecule has 0 radical (unpaired) electrons. The Kier molecular flexibility index (Phi) is 4.68. The van der Waals surface area contributed by atoms with Crippen LogP contribution in [0.25, 0.3) is 5.69 Å². The normalized spacial score (nSPS) is 15.7. The Morgan fingerprint density at radius 2 is 2.11 bits per heavy atom. The number of nitrogens with zero attached hydrogens (tertiary/aromatic N) is 4. The number of aromatic nitrogens is 3. The van der Waals surface area contributed by atoms with Gasteiger partial charge < -0.3 is 9.47 Å². The molecule has 0 saturated carbocycles. The zero-order chi connectivity index (χ0) is 19.8. The number of rotatable bonds is 3. The molecule has 4 rings (SSSR count). The van der Waals surface area contributed by atoms with Crippen molar-refractivity contribution in [3.63, 3.8) is 0 Å². The Balaban J connectivity index is 1.73. The van der Waals surface area contributed by atoms with Crippen LogP contribution in [-0.4, -0.2) is 40.7 Å². The monoisotopic (exact) mass is 398 g/mol. The first-order chi connectivity index (χ1) is 13.5. The molecule has 8 heteroatoms. The third kappa shape index (κ3) is 3.18. The fourth-order valence-corrected chi connectivity index (χ4v) is 3.43. The zero-order valence-corrected chi connectivity index (χ0v) is 16.5. The summed E-state index contributed by atoms with van der Waals surface area (Å²) in [5, 5.41) is 8.89. The number of hydrogen-bond donors (Lipinski definition) is 0. The third-order valence-corrected chi connectivity index (χ3v) is 4.85. The van der Waals surface area contributed by atoms with Gasteiger partial charge in [-0.2, -0.15) is 0 Å². The smallest absolute Gasteiger partial charge is 0.280 e. The van der Waals surface area contributed by atoms with Gasteiger partial charge in [0.05, 0.1) is 30.7 Å². The Hall–Kier alpha value is -3.06. The number of amides is 1. The molecule has 2 heterocycles. The molecule has 3 aromatic rings. The molecular weight excluding hydrogens is 380 g/mol. The molecule has 0 N–H and O–H groups in total. The van der Waals surface area contributed by atoms with E-state index in [9.17, 15) is 4.79 Å². The van der Waals surface area contributed by atoms with Crippen LogP contribution in [0.5, 0.6) is 11.5 Å². The fraction of sp³-hybridized carbons (Fsp3) is 0.250. The van der Waals surface area contributed by atoms with Crippen molar-refractivity contribution in [1.29, 1.82) is 0 Å². The summed E-state index contributed by atoms with van der Waals surface area (Å²) in [5.41, 5.74) is 2.31. The summed E-state index contributed by atoms with van der Waals surface area (Å²) in [7, 11) is 1.58. The lowest BCUT2D eigenvalue weighted by Gasteiger charge is -2.33. The van der Waals surface area contributed by atoms with E-state index in [0.29, 0.717) is 34.4 Å². The van der Waals surface area contributed by atoms with Gasteiger partial charge in [0, 0.05) is 11.1 Å². The van der Waals surface area contributed by atoms with Gasteiger partial charge in [0.1, 0.15) is 17.6 Å². The first kappa shape index (κ1) is 18.3. The van der Waals surface area contributed by atoms with Crippen molar-refractivity contribution in [3.8, 4) is 17.2 Å². The maximum atomic E-state index is 13.3. The van der Waals surface area contributed by atoms with Crippen molar-refractivity contribution in [2.75, 3.05) is 18.6 Å². The van der Waals surface area contributed by atoms with Gasteiger partial charge in [0.25, 0.3) is 5.91 Å². The van der Waals surface area contributed by atoms with E-state index in [-0.39, 0.29) is 17.7 Å². The lowest BCUT2D eigenvalue weighted by molar-refractivity contribution is 0.0955. The Bertz CT molecular complexity index is 1050. The predicted molar refractivity (Wildman–Crippen MR) is 106 cm³/mol. The van der Waals surface area contributed by atoms with Crippen LogP contribution in [0.3, 0.4) is 0 Å². The quantitative estimate of drug-likeness (QED) is 0.673. The molecule has 0 spiro atoms. The summed E-state index contributed by atoms with van der Waals surface area (Å²) in [5.74, 6) is 1.04. The SMILES string of the molecule is COc1ccc2c(c1)N(C(=O)c1nnn(-c3cccc(Cl)c3)c1C)CC(C)O2. The molecule has 0 aliphatic carbocycles. The molecular formula is C20H19ClN4O3. The summed E-state index contributed by atoms with van der Waals surface area (Å²) < 4.78 is 12.8. The van der Waals surface area contributed by atoms with Gasteiger partial charge >= 0.3 is 0 Å². The maximum absolute atomic E-state index is 13.3. The predicted octanol–water partition coefficient (Wildman–Crippen LogP) is 3.67. The molecule has 28 heavy (non-hydrogen) atoms. The molecule has 7 nitrogen and oxygen atoms in total. The van der Waals surface area contributed by atoms with Crippen molar-refractivity contribution < 1.29 is 14.3 Å². The van der Waals surface area contributed by atoms with Crippen LogP contribution in [0.1, 0.15) is 23.1 Å². The zero-order valence-electron chi connectivity index (χ0n) is 15.7. The topological polar surface area (TPSA) is 69.5 Å². The highest BCUT2D eigenvalue weighted by atomic mass is 35.5. The number of methoxy groups -OCH3 is 1. The van der Waals surface area contributed by atoms with Crippen LogP contribution < -0.4 is 14.4 Å². The number of halogens is 1. The summed E-state index contributed by atoms with van der Waals surface area (Å²) in [6, 6.07) is 12.6. The summed E-state index contributed by atoms with van der Waals surface area (Å²) in [6.45, 7) is 4.14. The van der Waals surface area contributed by atoms with Crippen molar-refractivity contribution >= 4 is 23.2 Å².